The minimum absolute atomic E-state index is 0.0854. The van der Waals surface area contributed by atoms with E-state index in [-0.39, 0.29) is 22.6 Å². The zero-order valence-corrected chi connectivity index (χ0v) is 39.9. The van der Waals surface area contributed by atoms with Crippen molar-refractivity contribution >= 4 is 22.7 Å². The van der Waals surface area contributed by atoms with Crippen LogP contribution in [0.5, 0.6) is 46.0 Å². The van der Waals surface area contributed by atoms with Gasteiger partial charge in [0, 0.05) is 28.2 Å². The fourth-order valence-electron chi connectivity index (χ4n) is 8.20. The highest BCUT2D eigenvalue weighted by molar-refractivity contribution is 5.54. The molecule has 0 aliphatic rings. The predicted octanol–water partition coefficient (Wildman–Crippen LogP) is 16.2. The summed E-state index contributed by atoms with van der Waals surface area (Å²) in [4.78, 5) is 0. The summed E-state index contributed by atoms with van der Waals surface area (Å²) in [5.41, 5.74) is 18.4. The maximum atomic E-state index is 14.7. The number of anilines is 4. The lowest BCUT2D eigenvalue weighted by Crippen LogP contribution is -2.54. The molecule has 0 saturated heterocycles. The minimum atomic E-state index is -5.73. The molecule has 0 atom stereocenters. The van der Waals surface area contributed by atoms with Crippen LogP contribution in [-0.2, 0) is 10.8 Å². The number of hydrogen-bond donors (Lipinski definition) is 4. The summed E-state index contributed by atoms with van der Waals surface area (Å²) >= 11 is 0. The van der Waals surface area contributed by atoms with Crippen LogP contribution in [0.25, 0.3) is 0 Å². The molecule has 8 N–H and O–H groups in total. The van der Waals surface area contributed by atoms with E-state index in [1.54, 1.807) is 128 Å². The molecule has 384 valence electrons. The normalized spacial score (nSPS) is 12.1. The zero-order chi connectivity index (χ0) is 53.6. The van der Waals surface area contributed by atoms with E-state index in [0.717, 1.165) is 36.4 Å². The largest absolute Gasteiger partial charge is 0.457 e. The molecule has 0 aliphatic carbocycles. The number of nitrogens with two attached hydrogens (primary N) is 4. The maximum absolute atomic E-state index is 14.7. The smallest absolute Gasteiger partial charge is 0.411 e. The molecule has 0 radical (unpaired) electrons. The number of halogens is 9. The summed E-state index contributed by atoms with van der Waals surface area (Å²) in [6.07, 6.45) is -16.9. The molecule has 0 unspecified atom stereocenters. The van der Waals surface area contributed by atoms with E-state index >= 15 is 0 Å². The standard InChI is InChI=1S/C29H24F6N2O2.C28H25F3N2O2/c1-17-15-19(3-13-25(17)38-23-9-5-21(36)6-10-23)27(28(30,31)32,29(33,34)35)20-4-14-26(18(2)16-20)39-24-11-7-22(37)8-12-24;1-27(18-28(29,30)31,19-2-10-23(11-3-19)34-25-14-6-21(32)7-15-25)20-4-12-24(13-5-20)35-26-16-8-22(33)9-17-26/h3-16H,36-37H2,1-2H3;2-17H,18,32-33H2,1H3. The summed E-state index contributed by atoms with van der Waals surface area (Å²) in [6.45, 7) is 4.34. The average Bonchev–Trinajstić information content (AvgIpc) is 3.33. The Hall–Kier alpha value is -8.47. The Morgan fingerprint density at radius 1 is 0.338 bits per heavy atom. The fourth-order valence-corrected chi connectivity index (χ4v) is 8.20. The molecule has 8 rings (SSSR count). The molecule has 0 fully saturated rings. The van der Waals surface area contributed by atoms with Gasteiger partial charge in [-0.25, -0.2) is 0 Å². The first-order valence-electron chi connectivity index (χ1n) is 22.6. The lowest BCUT2D eigenvalue weighted by atomic mass is 9.72. The van der Waals surface area contributed by atoms with Crippen LogP contribution < -0.4 is 41.9 Å². The van der Waals surface area contributed by atoms with Crippen LogP contribution >= 0.6 is 0 Å². The van der Waals surface area contributed by atoms with Crippen molar-refractivity contribution in [2.75, 3.05) is 22.9 Å². The third-order valence-corrected chi connectivity index (χ3v) is 12.1. The summed E-state index contributed by atoms with van der Waals surface area (Å²) in [5, 5.41) is 0. The molecule has 0 aliphatic heterocycles. The van der Waals surface area contributed by atoms with E-state index in [1.807, 2.05) is 0 Å². The van der Waals surface area contributed by atoms with Gasteiger partial charge in [0.05, 0.1) is 6.42 Å². The highest BCUT2D eigenvalue weighted by Crippen LogP contribution is 2.57. The molecule has 0 amide bonds. The zero-order valence-electron chi connectivity index (χ0n) is 39.9. The van der Waals surface area contributed by atoms with Crippen LogP contribution in [0.15, 0.2) is 182 Å². The third kappa shape index (κ3) is 12.4. The van der Waals surface area contributed by atoms with Crippen molar-refractivity contribution in [3.05, 3.63) is 215 Å². The van der Waals surface area contributed by atoms with E-state index in [2.05, 4.69) is 0 Å². The van der Waals surface area contributed by atoms with Gasteiger partial charge in [-0.2, -0.15) is 39.5 Å². The first-order chi connectivity index (χ1) is 34.8. The van der Waals surface area contributed by atoms with Gasteiger partial charge >= 0.3 is 18.5 Å². The van der Waals surface area contributed by atoms with Crippen molar-refractivity contribution in [1.29, 1.82) is 0 Å². The Bertz CT molecular complexity index is 2940. The molecule has 0 heterocycles. The van der Waals surface area contributed by atoms with E-state index in [4.69, 9.17) is 41.9 Å². The molecule has 0 bridgehead atoms. The lowest BCUT2D eigenvalue weighted by molar-refractivity contribution is -0.288. The van der Waals surface area contributed by atoms with E-state index in [0.29, 0.717) is 68.4 Å². The van der Waals surface area contributed by atoms with Crippen molar-refractivity contribution in [2.24, 2.45) is 0 Å². The molecule has 74 heavy (non-hydrogen) atoms. The van der Waals surface area contributed by atoms with Gasteiger partial charge in [0.1, 0.15) is 46.0 Å². The van der Waals surface area contributed by atoms with Crippen molar-refractivity contribution in [3.63, 3.8) is 0 Å². The number of nitrogen functional groups attached to an aromatic ring is 4. The quantitative estimate of drug-likeness (QED) is 0.0661. The Morgan fingerprint density at radius 2 is 0.581 bits per heavy atom. The molecule has 8 aromatic rings. The molecule has 17 heteroatoms. The van der Waals surface area contributed by atoms with Gasteiger partial charge in [-0.05, 0) is 181 Å². The molecular weight excluding hydrogens is 976 g/mol. The van der Waals surface area contributed by atoms with Crippen molar-refractivity contribution in [1.82, 2.24) is 0 Å². The molecular formula is C57H49F9N4O4. The summed E-state index contributed by atoms with van der Waals surface area (Å²) in [7, 11) is 0. The van der Waals surface area contributed by atoms with Gasteiger partial charge in [-0.15, -0.1) is 0 Å². The number of aryl methyl sites for hydroxylation is 2. The van der Waals surface area contributed by atoms with Crippen LogP contribution in [0.1, 0.15) is 46.7 Å². The second-order valence-electron chi connectivity index (χ2n) is 17.6. The van der Waals surface area contributed by atoms with E-state index in [1.165, 1.54) is 38.1 Å². The number of alkyl halides is 9. The lowest BCUT2D eigenvalue weighted by Gasteiger charge is -2.38. The highest BCUT2D eigenvalue weighted by Gasteiger charge is 2.72. The van der Waals surface area contributed by atoms with Crippen LogP contribution in [-0.4, -0.2) is 18.5 Å². The number of benzene rings is 8. The molecule has 0 saturated carbocycles. The summed E-state index contributed by atoms with van der Waals surface area (Å²) in [5.74, 6) is 3.05. The Morgan fingerprint density at radius 3 is 0.824 bits per heavy atom. The minimum Gasteiger partial charge on any atom is -0.457 e. The van der Waals surface area contributed by atoms with Crippen LogP contribution in [0.2, 0.25) is 0 Å². The van der Waals surface area contributed by atoms with Gasteiger partial charge in [0.25, 0.3) is 0 Å². The van der Waals surface area contributed by atoms with Crippen LogP contribution in [0.4, 0.5) is 62.3 Å². The average molecular weight is 1030 g/mol. The second kappa shape index (κ2) is 21.3. The highest BCUT2D eigenvalue weighted by atomic mass is 19.4. The van der Waals surface area contributed by atoms with Crippen molar-refractivity contribution in [2.45, 2.75) is 56.6 Å². The van der Waals surface area contributed by atoms with Gasteiger partial charge in [0.15, 0.2) is 0 Å². The summed E-state index contributed by atoms with van der Waals surface area (Å²) in [6, 6.07) is 44.9. The second-order valence-corrected chi connectivity index (χ2v) is 17.6. The first kappa shape index (κ1) is 53.3. The molecule has 8 aromatic carbocycles. The van der Waals surface area contributed by atoms with E-state index in [9.17, 15) is 39.5 Å². The third-order valence-electron chi connectivity index (χ3n) is 12.1. The van der Waals surface area contributed by atoms with Crippen molar-refractivity contribution < 1.29 is 58.5 Å². The molecule has 0 spiro atoms. The molecule has 8 nitrogen and oxygen atoms in total. The number of hydrogen-bond acceptors (Lipinski definition) is 8. The van der Waals surface area contributed by atoms with Gasteiger partial charge < -0.3 is 41.9 Å². The van der Waals surface area contributed by atoms with Crippen LogP contribution in [0.3, 0.4) is 0 Å². The summed E-state index contributed by atoms with van der Waals surface area (Å²) < 4.78 is 152. The first-order valence-corrected chi connectivity index (χ1v) is 22.6. The fraction of sp³-hybridized carbons (Fsp3) is 0.158. The number of rotatable bonds is 13. The Labute approximate surface area is 420 Å². The van der Waals surface area contributed by atoms with E-state index < -0.39 is 46.9 Å². The predicted molar refractivity (Wildman–Crippen MR) is 269 cm³/mol. The Balaban J connectivity index is 0.000000217. The maximum Gasteiger partial charge on any atom is 0.411 e. The number of ether oxygens (including phenoxy) is 4. The SMILES string of the molecule is CC(CC(F)(F)F)(c1ccc(Oc2ccc(N)cc2)cc1)c1ccc(Oc2ccc(N)cc2)cc1.Cc1cc(C(c2ccc(Oc3ccc(N)cc3)c(C)c2)(C(F)(F)F)C(F)(F)F)ccc1Oc1ccc(N)cc1. The monoisotopic (exact) mass is 1020 g/mol. The molecule has 0 aromatic heterocycles. The topological polar surface area (TPSA) is 141 Å². The van der Waals surface area contributed by atoms with Gasteiger partial charge in [-0.1, -0.05) is 55.5 Å². The van der Waals surface area contributed by atoms with Gasteiger partial charge in [0.2, 0.25) is 5.41 Å². The van der Waals surface area contributed by atoms with Crippen molar-refractivity contribution in [3.8, 4) is 46.0 Å². The van der Waals surface area contributed by atoms with Gasteiger partial charge in [-0.3, -0.25) is 0 Å². The Kier molecular flexibility index (Phi) is 15.4. The van der Waals surface area contributed by atoms with Crippen LogP contribution in [0, 0.1) is 13.8 Å².